The van der Waals surface area contributed by atoms with Gasteiger partial charge in [-0.25, -0.2) is 0 Å². The average molecular weight is 159 g/mol. The number of rotatable bonds is 4. The molecule has 0 aromatic rings. The molecule has 0 saturated carbocycles. The van der Waals surface area contributed by atoms with Gasteiger partial charge in [-0.05, 0) is 12.8 Å². The molecule has 0 heterocycles. The quantitative estimate of drug-likeness (QED) is 0.498. The summed E-state index contributed by atoms with van der Waals surface area (Å²) in [6, 6.07) is 0. The van der Waals surface area contributed by atoms with Crippen LogP contribution in [-0.4, -0.2) is 24.0 Å². The van der Waals surface area contributed by atoms with E-state index in [0.717, 1.165) is 5.71 Å². The highest BCUT2D eigenvalue weighted by atomic mass is 16.6. The van der Waals surface area contributed by atoms with Gasteiger partial charge in [-0.3, -0.25) is 0 Å². The van der Waals surface area contributed by atoms with Gasteiger partial charge < -0.3 is 9.94 Å². The van der Waals surface area contributed by atoms with Crippen LogP contribution >= 0.6 is 0 Å². The van der Waals surface area contributed by atoms with E-state index in [1.165, 1.54) is 7.11 Å². The fourth-order valence-corrected chi connectivity index (χ4v) is 0.731. The van der Waals surface area contributed by atoms with Gasteiger partial charge in [0.1, 0.15) is 7.11 Å². The molecule has 3 nitrogen and oxygen atoms in total. The van der Waals surface area contributed by atoms with E-state index in [0.29, 0.717) is 6.42 Å². The summed E-state index contributed by atoms with van der Waals surface area (Å²) in [4.78, 5) is 4.56. The number of aliphatic hydroxyl groups excluding tert-OH is 1. The van der Waals surface area contributed by atoms with Gasteiger partial charge in [0.2, 0.25) is 0 Å². The molecule has 0 aliphatic rings. The Hall–Kier alpha value is -0.570. The highest BCUT2D eigenvalue weighted by Crippen LogP contribution is 2.06. The lowest BCUT2D eigenvalue weighted by Crippen LogP contribution is -2.17. The molecular formula is C8H17NO2. The monoisotopic (exact) mass is 159 g/mol. The smallest absolute Gasteiger partial charge is 0.106 e. The van der Waals surface area contributed by atoms with E-state index < -0.39 is 0 Å². The van der Waals surface area contributed by atoms with E-state index >= 15 is 0 Å². The molecule has 11 heavy (non-hydrogen) atoms. The van der Waals surface area contributed by atoms with Crippen molar-refractivity contribution in [1.82, 2.24) is 0 Å². The fraction of sp³-hybridized carbons (Fsp3) is 0.875. The highest BCUT2D eigenvalue weighted by Gasteiger charge is 2.10. The van der Waals surface area contributed by atoms with Crippen LogP contribution in [0.15, 0.2) is 5.16 Å². The molecule has 1 atom stereocenters. The van der Waals surface area contributed by atoms with Gasteiger partial charge in [0, 0.05) is 6.42 Å². The number of nitrogens with zero attached hydrogens (tertiary/aromatic N) is 1. The van der Waals surface area contributed by atoms with Crippen molar-refractivity contribution >= 4 is 5.71 Å². The summed E-state index contributed by atoms with van der Waals surface area (Å²) >= 11 is 0. The SMILES string of the molecule is CO/N=C(\C)CC(O)C(C)C. The number of oxime groups is 1. The maximum absolute atomic E-state index is 9.39. The van der Waals surface area contributed by atoms with Gasteiger partial charge >= 0.3 is 0 Å². The van der Waals surface area contributed by atoms with Crippen LogP contribution in [0.4, 0.5) is 0 Å². The summed E-state index contributed by atoms with van der Waals surface area (Å²) in [6.07, 6.45) is 0.278. The topological polar surface area (TPSA) is 41.8 Å². The summed E-state index contributed by atoms with van der Waals surface area (Å²) in [5, 5.41) is 13.1. The van der Waals surface area contributed by atoms with Crippen molar-refractivity contribution in [2.75, 3.05) is 7.11 Å². The first-order chi connectivity index (χ1) is 5.07. The summed E-state index contributed by atoms with van der Waals surface area (Å²) in [5.74, 6) is 0.275. The molecule has 0 aromatic carbocycles. The lowest BCUT2D eigenvalue weighted by atomic mass is 10.0. The summed E-state index contributed by atoms with van der Waals surface area (Å²) in [5.41, 5.74) is 0.828. The first-order valence-corrected chi connectivity index (χ1v) is 3.82. The molecule has 0 rings (SSSR count). The Morgan fingerprint density at radius 2 is 2.09 bits per heavy atom. The minimum Gasteiger partial charge on any atom is -0.399 e. The van der Waals surface area contributed by atoms with Crippen LogP contribution in [0.25, 0.3) is 0 Å². The molecule has 1 unspecified atom stereocenters. The van der Waals surface area contributed by atoms with Gasteiger partial charge in [-0.1, -0.05) is 19.0 Å². The molecule has 0 radical (unpaired) electrons. The predicted molar refractivity (Wildman–Crippen MR) is 45.6 cm³/mol. The Bertz CT molecular complexity index is 132. The number of hydrogen-bond acceptors (Lipinski definition) is 3. The van der Waals surface area contributed by atoms with Crippen LogP contribution in [0.2, 0.25) is 0 Å². The number of aliphatic hydroxyl groups is 1. The van der Waals surface area contributed by atoms with Crippen LogP contribution < -0.4 is 0 Å². The summed E-state index contributed by atoms with van der Waals surface area (Å²) in [7, 11) is 1.51. The molecule has 0 aliphatic carbocycles. The van der Waals surface area contributed by atoms with Crippen molar-refractivity contribution in [3.63, 3.8) is 0 Å². The second kappa shape index (κ2) is 5.13. The minimum absolute atomic E-state index is 0.275. The van der Waals surface area contributed by atoms with Crippen molar-refractivity contribution < 1.29 is 9.94 Å². The van der Waals surface area contributed by atoms with Gasteiger partial charge in [-0.2, -0.15) is 0 Å². The molecule has 0 saturated heterocycles. The van der Waals surface area contributed by atoms with Crippen molar-refractivity contribution in [1.29, 1.82) is 0 Å². The van der Waals surface area contributed by atoms with Crippen LogP contribution in [-0.2, 0) is 4.84 Å². The van der Waals surface area contributed by atoms with Crippen LogP contribution in [0.3, 0.4) is 0 Å². The lowest BCUT2D eigenvalue weighted by Gasteiger charge is -2.12. The number of hydrogen-bond donors (Lipinski definition) is 1. The Morgan fingerprint density at radius 1 is 1.55 bits per heavy atom. The third-order valence-electron chi connectivity index (χ3n) is 1.52. The molecule has 1 N–H and O–H groups in total. The lowest BCUT2D eigenvalue weighted by molar-refractivity contribution is 0.130. The zero-order chi connectivity index (χ0) is 8.85. The molecule has 0 bridgehead atoms. The highest BCUT2D eigenvalue weighted by molar-refractivity contribution is 5.81. The van der Waals surface area contributed by atoms with E-state index in [1.54, 1.807) is 0 Å². The molecule has 0 fully saturated rings. The largest absolute Gasteiger partial charge is 0.399 e. The van der Waals surface area contributed by atoms with Crippen molar-refractivity contribution in [2.24, 2.45) is 11.1 Å². The molecule has 3 heteroatoms. The van der Waals surface area contributed by atoms with Crippen molar-refractivity contribution in [2.45, 2.75) is 33.3 Å². The Morgan fingerprint density at radius 3 is 2.45 bits per heavy atom. The van der Waals surface area contributed by atoms with E-state index in [9.17, 15) is 5.11 Å². The van der Waals surface area contributed by atoms with Crippen molar-refractivity contribution in [3.8, 4) is 0 Å². The standard InChI is InChI=1S/C8H17NO2/c1-6(2)8(10)5-7(3)9-11-4/h6,8,10H,5H2,1-4H3/b9-7+. The van der Waals surface area contributed by atoms with E-state index in [4.69, 9.17) is 0 Å². The maximum atomic E-state index is 9.39. The molecule has 0 aromatic heterocycles. The first-order valence-electron chi connectivity index (χ1n) is 3.82. The molecule has 0 amide bonds. The summed E-state index contributed by atoms with van der Waals surface area (Å²) in [6.45, 7) is 5.80. The van der Waals surface area contributed by atoms with Crippen LogP contribution in [0.5, 0.6) is 0 Å². The third kappa shape index (κ3) is 4.79. The van der Waals surface area contributed by atoms with E-state index in [2.05, 4.69) is 9.99 Å². The molecule has 0 aliphatic heterocycles. The van der Waals surface area contributed by atoms with Gasteiger partial charge in [0.25, 0.3) is 0 Å². The van der Waals surface area contributed by atoms with Gasteiger partial charge in [0.15, 0.2) is 0 Å². The zero-order valence-corrected chi connectivity index (χ0v) is 7.66. The maximum Gasteiger partial charge on any atom is 0.106 e. The molecular weight excluding hydrogens is 142 g/mol. The van der Waals surface area contributed by atoms with Gasteiger partial charge in [0.05, 0.1) is 11.8 Å². The molecule has 0 spiro atoms. The predicted octanol–water partition coefficient (Wildman–Crippen LogP) is 1.42. The van der Waals surface area contributed by atoms with Gasteiger partial charge in [-0.15, -0.1) is 0 Å². The van der Waals surface area contributed by atoms with E-state index in [-0.39, 0.29) is 12.0 Å². The molecule has 66 valence electrons. The second-order valence-electron chi connectivity index (χ2n) is 3.02. The zero-order valence-electron chi connectivity index (χ0n) is 7.66. The minimum atomic E-state index is -0.311. The van der Waals surface area contributed by atoms with Crippen LogP contribution in [0.1, 0.15) is 27.2 Å². The average Bonchev–Trinajstić information content (AvgIpc) is 1.87. The van der Waals surface area contributed by atoms with Crippen molar-refractivity contribution in [3.05, 3.63) is 0 Å². The van der Waals surface area contributed by atoms with E-state index in [1.807, 2.05) is 20.8 Å². The summed E-state index contributed by atoms with van der Waals surface area (Å²) < 4.78 is 0. The first kappa shape index (κ1) is 10.4. The third-order valence-corrected chi connectivity index (χ3v) is 1.52. The Labute approximate surface area is 68.1 Å². The fourth-order valence-electron chi connectivity index (χ4n) is 0.731. The Balaban J connectivity index is 3.75. The second-order valence-corrected chi connectivity index (χ2v) is 3.02. The normalized spacial score (nSPS) is 15.3. The Kier molecular flexibility index (Phi) is 4.86. The van der Waals surface area contributed by atoms with Crippen LogP contribution in [0, 0.1) is 5.92 Å².